The third kappa shape index (κ3) is 3.36. The Morgan fingerprint density at radius 2 is 1.78 bits per heavy atom. The second kappa shape index (κ2) is 6.91. The maximum absolute atomic E-state index is 13.0. The molecule has 5 nitrogen and oxygen atoms in total. The molecule has 2 aliphatic rings. The SMILES string of the molecule is NCC1(c2ccccc2)CCC(N2CCn3c(nnc3C(F)(F)F)C2)CC1. The first-order valence-electron chi connectivity index (χ1n) is 9.42. The molecular weight excluding hydrogens is 355 g/mol. The van der Waals surface area contributed by atoms with Gasteiger partial charge < -0.3 is 10.3 Å². The van der Waals surface area contributed by atoms with Gasteiger partial charge in [0.05, 0.1) is 6.54 Å². The highest BCUT2D eigenvalue weighted by atomic mass is 19.4. The van der Waals surface area contributed by atoms with Gasteiger partial charge in [0.15, 0.2) is 0 Å². The monoisotopic (exact) mass is 379 g/mol. The van der Waals surface area contributed by atoms with Crippen molar-refractivity contribution in [2.75, 3.05) is 13.1 Å². The molecule has 0 radical (unpaired) electrons. The minimum atomic E-state index is -4.45. The van der Waals surface area contributed by atoms with Gasteiger partial charge in [-0.25, -0.2) is 0 Å². The Kier molecular flexibility index (Phi) is 4.71. The number of alkyl halides is 3. The number of benzene rings is 1. The molecule has 0 bridgehead atoms. The Bertz CT molecular complexity index is 778. The number of fused-ring (bicyclic) bond motifs is 1. The Balaban J connectivity index is 1.44. The van der Waals surface area contributed by atoms with Crippen molar-refractivity contribution in [2.24, 2.45) is 5.73 Å². The van der Waals surface area contributed by atoms with Crippen LogP contribution in [0.2, 0.25) is 0 Å². The fourth-order valence-corrected chi connectivity index (χ4v) is 4.62. The second-order valence-corrected chi connectivity index (χ2v) is 7.64. The van der Waals surface area contributed by atoms with Crippen molar-refractivity contribution in [3.8, 4) is 0 Å². The van der Waals surface area contributed by atoms with Gasteiger partial charge in [-0.3, -0.25) is 4.90 Å². The zero-order valence-electron chi connectivity index (χ0n) is 15.1. The van der Waals surface area contributed by atoms with E-state index in [9.17, 15) is 13.2 Å². The van der Waals surface area contributed by atoms with E-state index in [1.165, 1.54) is 10.1 Å². The molecule has 1 fully saturated rings. The molecule has 8 heteroatoms. The summed E-state index contributed by atoms with van der Waals surface area (Å²) in [5.41, 5.74) is 7.46. The lowest BCUT2D eigenvalue weighted by molar-refractivity contribution is -0.148. The Labute approximate surface area is 156 Å². The molecule has 4 rings (SSSR count). The van der Waals surface area contributed by atoms with E-state index >= 15 is 0 Å². The molecule has 2 heterocycles. The van der Waals surface area contributed by atoms with Gasteiger partial charge in [0.1, 0.15) is 5.82 Å². The molecule has 1 aliphatic carbocycles. The fourth-order valence-electron chi connectivity index (χ4n) is 4.62. The summed E-state index contributed by atoms with van der Waals surface area (Å²) in [6.45, 7) is 1.93. The predicted molar refractivity (Wildman–Crippen MR) is 94.9 cm³/mol. The molecule has 2 N–H and O–H groups in total. The van der Waals surface area contributed by atoms with Crippen LogP contribution < -0.4 is 5.73 Å². The van der Waals surface area contributed by atoms with Crippen LogP contribution in [0.15, 0.2) is 30.3 Å². The van der Waals surface area contributed by atoms with Crippen LogP contribution in [0, 0.1) is 0 Å². The van der Waals surface area contributed by atoms with Gasteiger partial charge in [-0.2, -0.15) is 13.2 Å². The smallest absolute Gasteiger partial charge is 0.330 e. The summed E-state index contributed by atoms with van der Waals surface area (Å²) in [7, 11) is 0. The Morgan fingerprint density at radius 1 is 1.07 bits per heavy atom. The minimum absolute atomic E-state index is 0.0109. The van der Waals surface area contributed by atoms with Crippen LogP contribution >= 0.6 is 0 Å². The molecule has 0 atom stereocenters. The van der Waals surface area contributed by atoms with Crippen molar-refractivity contribution >= 4 is 0 Å². The maximum Gasteiger partial charge on any atom is 0.451 e. The van der Waals surface area contributed by atoms with Crippen LogP contribution in [-0.4, -0.2) is 38.8 Å². The maximum atomic E-state index is 13.0. The minimum Gasteiger partial charge on any atom is -0.330 e. The zero-order valence-corrected chi connectivity index (χ0v) is 15.1. The number of nitrogens with zero attached hydrogens (tertiary/aromatic N) is 4. The summed E-state index contributed by atoms with van der Waals surface area (Å²) in [5.74, 6) is -0.473. The van der Waals surface area contributed by atoms with Crippen LogP contribution in [0.25, 0.3) is 0 Å². The van der Waals surface area contributed by atoms with Gasteiger partial charge in [0.25, 0.3) is 0 Å². The molecule has 0 spiro atoms. The first-order chi connectivity index (χ1) is 12.9. The third-order valence-corrected chi connectivity index (χ3v) is 6.24. The van der Waals surface area contributed by atoms with Crippen LogP contribution in [0.1, 0.15) is 42.9 Å². The normalized spacial score (nSPS) is 26.7. The summed E-state index contributed by atoms with van der Waals surface area (Å²) in [6.07, 6.45) is -0.474. The topological polar surface area (TPSA) is 60.0 Å². The van der Waals surface area contributed by atoms with Gasteiger partial charge in [0, 0.05) is 31.1 Å². The predicted octanol–water partition coefficient (Wildman–Crippen LogP) is 2.95. The van der Waals surface area contributed by atoms with Crippen molar-refractivity contribution in [3.63, 3.8) is 0 Å². The van der Waals surface area contributed by atoms with Crippen molar-refractivity contribution in [1.82, 2.24) is 19.7 Å². The number of nitrogens with two attached hydrogens (primary N) is 1. The van der Waals surface area contributed by atoms with E-state index in [0.29, 0.717) is 31.5 Å². The number of aromatic nitrogens is 3. The summed E-state index contributed by atoms with van der Waals surface area (Å²) < 4.78 is 40.2. The molecule has 0 saturated heterocycles. The molecule has 0 amide bonds. The van der Waals surface area contributed by atoms with Gasteiger partial charge in [0.2, 0.25) is 5.82 Å². The van der Waals surface area contributed by atoms with Crippen molar-refractivity contribution in [1.29, 1.82) is 0 Å². The average molecular weight is 379 g/mol. The van der Waals surface area contributed by atoms with Crippen LogP contribution in [-0.2, 0) is 24.7 Å². The molecular formula is C19H24F3N5. The molecule has 146 valence electrons. The number of rotatable bonds is 3. The molecule has 1 saturated carbocycles. The first-order valence-corrected chi connectivity index (χ1v) is 9.42. The third-order valence-electron chi connectivity index (χ3n) is 6.24. The Hall–Kier alpha value is -1.93. The molecule has 1 aromatic carbocycles. The summed E-state index contributed by atoms with van der Waals surface area (Å²) in [5, 5.41) is 7.16. The standard InChI is InChI=1S/C19H24F3N5/c20-19(21,22)17-25-24-16-12-26(10-11-27(16)17)15-6-8-18(13-23,9-7-15)14-4-2-1-3-5-14/h1-5,15H,6-13,23H2. The molecule has 1 aliphatic heterocycles. The van der Waals surface area contributed by atoms with E-state index in [0.717, 1.165) is 25.7 Å². The molecule has 0 unspecified atom stereocenters. The fraction of sp³-hybridized carbons (Fsp3) is 0.579. The van der Waals surface area contributed by atoms with Crippen LogP contribution in [0.3, 0.4) is 0 Å². The lowest BCUT2D eigenvalue weighted by Crippen LogP contribution is -2.47. The highest BCUT2D eigenvalue weighted by Crippen LogP contribution is 2.40. The van der Waals surface area contributed by atoms with E-state index in [-0.39, 0.29) is 12.0 Å². The van der Waals surface area contributed by atoms with Crippen LogP contribution in [0.5, 0.6) is 0 Å². The van der Waals surface area contributed by atoms with E-state index < -0.39 is 12.0 Å². The highest BCUT2D eigenvalue weighted by Gasteiger charge is 2.41. The van der Waals surface area contributed by atoms with Gasteiger partial charge in [-0.05, 0) is 31.2 Å². The van der Waals surface area contributed by atoms with Gasteiger partial charge in [-0.1, -0.05) is 30.3 Å². The van der Waals surface area contributed by atoms with E-state index in [4.69, 9.17) is 5.73 Å². The van der Waals surface area contributed by atoms with Crippen molar-refractivity contribution in [2.45, 2.75) is 56.4 Å². The number of hydrogen-bond donors (Lipinski definition) is 1. The van der Waals surface area contributed by atoms with Gasteiger partial charge >= 0.3 is 6.18 Å². The lowest BCUT2D eigenvalue weighted by atomic mass is 9.68. The van der Waals surface area contributed by atoms with E-state index in [1.807, 2.05) is 6.07 Å². The van der Waals surface area contributed by atoms with E-state index in [2.05, 4.69) is 39.4 Å². The Morgan fingerprint density at radius 3 is 2.41 bits per heavy atom. The van der Waals surface area contributed by atoms with Crippen LogP contribution in [0.4, 0.5) is 13.2 Å². The highest BCUT2D eigenvalue weighted by molar-refractivity contribution is 5.27. The quantitative estimate of drug-likeness (QED) is 0.891. The molecule has 2 aromatic rings. The number of hydrogen-bond acceptors (Lipinski definition) is 4. The van der Waals surface area contributed by atoms with Gasteiger partial charge in [-0.15, -0.1) is 10.2 Å². The summed E-state index contributed by atoms with van der Waals surface area (Å²) in [6, 6.07) is 10.8. The number of halogens is 3. The lowest BCUT2D eigenvalue weighted by Gasteiger charge is -2.44. The second-order valence-electron chi connectivity index (χ2n) is 7.64. The molecule has 1 aromatic heterocycles. The van der Waals surface area contributed by atoms with Crippen molar-refractivity contribution in [3.05, 3.63) is 47.5 Å². The van der Waals surface area contributed by atoms with Crippen molar-refractivity contribution < 1.29 is 13.2 Å². The molecule has 27 heavy (non-hydrogen) atoms. The summed E-state index contributed by atoms with van der Waals surface area (Å²) >= 11 is 0. The summed E-state index contributed by atoms with van der Waals surface area (Å²) in [4.78, 5) is 2.26. The first kappa shape index (κ1) is 18.4. The zero-order chi connectivity index (χ0) is 19.1. The average Bonchev–Trinajstić information content (AvgIpc) is 3.12. The largest absolute Gasteiger partial charge is 0.451 e. The van der Waals surface area contributed by atoms with E-state index in [1.54, 1.807) is 0 Å².